The third-order valence-corrected chi connectivity index (χ3v) is 5.11. The first-order valence-electron chi connectivity index (χ1n) is 8.86. The molecule has 0 aliphatic carbocycles. The van der Waals surface area contributed by atoms with Gasteiger partial charge in [0.15, 0.2) is 5.79 Å². The summed E-state index contributed by atoms with van der Waals surface area (Å²) in [5.41, 5.74) is 2.31. The predicted molar refractivity (Wildman–Crippen MR) is 95.0 cm³/mol. The maximum Gasteiger partial charge on any atom is 0.272 e. The number of hydrogen-bond donors (Lipinski definition) is 0. The van der Waals surface area contributed by atoms with Crippen molar-refractivity contribution in [1.29, 1.82) is 0 Å². The average Bonchev–Trinajstić information content (AvgIpc) is 3.29. The van der Waals surface area contributed by atoms with Crippen molar-refractivity contribution in [2.75, 3.05) is 33.4 Å². The standard InChI is InChI=1S/C19H23N3O4/c1-21-17(13-16(20-21)14-3-5-15(24-2)6-4-14)18(23)22-9-7-19(8-10-22)25-11-12-26-19/h3-6,13H,7-12H2,1-2H3. The Morgan fingerprint density at radius 2 is 1.81 bits per heavy atom. The van der Waals surface area contributed by atoms with Crippen molar-refractivity contribution in [3.05, 3.63) is 36.0 Å². The summed E-state index contributed by atoms with van der Waals surface area (Å²) in [4.78, 5) is 14.8. The van der Waals surface area contributed by atoms with Crippen LogP contribution in [-0.2, 0) is 16.5 Å². The summed E-state index contributed by atoms with van der Waals surface area (Å²) >= 11 is 0. The molecular weight excluding hydrogens is 334 g/mol. The van der Waals surface area contributed by atoms with Gasteiger partial charge in [0.2, 0.25) is 0 Å². The lowest BCUT2D eigenvalue weighted by atomic mass is 10.0. The van der Waals surface area contributed by atoms with Gasteiger partial charge in [-0.25, -0.2) is 0 Å². The van der Waals surface area contributed by atoms with Crippen molar-refractivity contribution in [2.45, 2.75) is 18.6 Å². The number of piperidine rings is 1. The number of likely N-dealkylation sites (tertiary alicyclic amines) is 1. The highest BCUT2D eigenvalue weighted by Gasteiger charge is 2.41. The molecule has 1 amide bonds. The highest BCUT2D eigenvalue weighted by atomic mass is 16.7. The molecule has 2 fully saturated rings. The van der Waals surface area contributed by atoms with Crippen molar-refractivity contribution in [3.63, 3.8) is 0 Å². The lowest BCUT2D eigenvalue weighted by molar-refractivity contribution is -0.181. The number of methoxy groups -OCH3 is 1. The van der Waals surface area contributed by atoms with E-state index in [9.17, 15) is 4.79 Å². The van der Waals surface area contributed by atoms with E-state index in [0.29, 0.717) is 44.8 Å². The fraction of sp³-hybridized carbons (Fsp3) is 0.474. The van der Waals surface area contributed by atoms with Gasteiger partial charge >= 0.3 is 0 Å². The molecule has 7 heteroatoms. The van der Waals surface area contributed by atoms with Crippen LogP contribution >= 0.6 is 0 Å². The predicted octanol–water partition coefficient (Wildman–Crippen LogP) is 2.07. The monoisotopic (exact) mass is 357 g/mol. The number of amides is 1. The second-order valence-corrected chi connectivity index (χ2v) is 6.67. The fourth-order valence-electron chi connectivity index (χ4n) is 3.57. The zero-order valence-corrected chi connectivity index (χ0v) is 15.1. The Balaban J connectivity index is 1.49. The topological polar surface area (TPSA) is 65.8 Å². The van der Waals surface area contributed by atoms with Gasteiger partial charge in [-0.05, 0) is 30.3 Å². The van der Waals surface area contributed by atoms with Crippen LogP contribution in [0.2, 0.25) is 0 Å². The number of aromatic nitrogens is 2. The molecule has 0 unspecified atom stereocenters. The molecule has 1 spiro atoms. The fourth-order valence-corrected chi connectivity index (χ4v) is 3.57. The van der Waals surface area contributed by atoms with Crippen LogP contribution in [-0.4, -0.2) is 59.8 Å². The maximum atomic E-state index is 12.9. The lowest BCUT2D eigenvalue weighted by Crippen LogP contribution is -2.47. The van der Waals surface area contributed by atoms with E-state index in [4.69, 9.17) is 14.2 Å². The normalized spacial score (nSPS) is 19.1. The highest BCUT2D eigenvalue weighted by Crippen LogP contribution is 2.32. The minimum atomic E-state index is -0.475. The third-order valence-electron chi connectivity index (χ3n) is 5.11. The second kappa shape index (κ2) is 6.74. The summed E-state index contributed by atoms with van der Waals surface area (Å²) in [7, 11) is 3.44. The van der Waals surface area contributed by atoms with Gasteiger partial charge in [0, 0.05) is 38.5 Å². The Bertz CT molecular complexity index is 784. The summed E-state index contributed by atoms with van der Waals surface area (Å²) < 4.78 is 18.3. The van der Waals surface area contributed by atoms with E-state index in [1.165, 1.54) is 0 Å². The quantitative estimate of drug-likeness (QED) is 0.841. The molecule has 4 rings (SSSR count). The minimum Gasteiger partial charge on any atom is -0.497 e. The van der Waals surface area contributed by atoms with Crippen LogP contribution in [0.1, 0.15) is 23.3 Å². The van der Waals surface area contributed by atoms with E-state index in [1.54, 1.807) is 18.8 Å². The molecule has 0 atom stereocenters. The first kappa shape index (κ1) is 17.1. The van der Waals surface area contributed by atoms with Crippen LogP contribution < -0.4 is 4.74 Å². The van der Waals surface area contributed by atoms with Crippen molar-refractivity contribution < 1.29 is 19.0 Å². The van der Waals surface area contributed by atoms with Gasteiger partial charge in [-0.2, -0.15) is 5.10 Å². The van der Waals surface area contributed by atoms with Crippen LogP contribution in [0, 0.1) is 0 Å². The largest absolute Gasteiger partial charge is 0.497 e. The summed E-state index contributed by atoms with van der Waals surface area (Å²) in [6.07, 6.45) is 1.42. The number of benzene rings is 1. The zero-order chi connectivity index (χ0) is 18.1. The summed E-state index contributed by atoms with van der Waals surface area (Å²) in [6.45, 7) is 2.53. The van der Waals surface area contributed by atoms with Crippen LogP contribution in [0.3, 0.4) is 0 Å². The summed E-state index contributed by atoms with van der Waals surface area (Å²) in [6, 6.07) is 9.50. The minimum absolute atomic E-state index is 0.00684. The molecule has 2 aromatic rings. The maximum absolute atomic E-state index is 12.9. The molecule has 7 nitrogen and oxygen atoms in total. The zero-order valence-electron chi connectivity index (χ0n) is 15.1. The van der Waals surface area contributed by atoms with Gasteiger partial charge < -0.3 is 19.1 Å². The van der Waals surface area contributed by atoms with Crippen molar-refractivity contribution in [2.24, 2.45) is 7.05 Å². The molecule has 0 bridgehead atoms. The molecule has 2 saturated heterocycles. The van der Waals surface area contributed by atoms with Crippen molar-refractivity contribution in [3.8, 4) is 17.0 Å². The SMILES string of the molecule is COc1ccc(-c2cc(C(=O)N3CCC4(CC3)OCCO4)n(C)n2)cc1. The van der Waals surface area contributed by atoms with Gasteiger partial charge in [-0.15, -0.1) is 0 Å². The van der Waals surface area contributed by atoms with E-state index in [0.717, 1.165) is 17.0 Å². The van der Waals surface area contributed by atoms with Crippen molar-refractivity contribution >= 4 is 5.91 Å². The molecule has 3 heterocycles. The number of ether oxygens (including phenoxy) is 3. The number of hydrogen-bond acceptors (Lipinski definition) is 5. The van der Waals surface area contributed by atoms with Crippen molar-refractivity contribution in [1.82, 2.24) is 14.7 Å². The van der Waals surface area contributed by atoms with E-state index in [1.807, 2.05) is 35.2 Å². The number of rotatable bonds is 3. The van der Waals surface area contributed by atoms with Gasteiger partial charge in [0.25, 0.3) is 5.91 Å². The molecule has 2 aliphatic heterocycles. The van der Waals surface area contributed by atoms with E-state index < -0.39 is 5.79 Å². The number of nitrogens with zero attached hydrogens (tertiary/aromatic N) is 3. The van der Waals surface area contributed by atoms with Gasteiger partial charge in [-0.1, -0.05) is 0 Å². The molecular formula is C19H23N3O4. The summed E-state index contributed by atoms with van der Waals surface area (Å²) in [5.74, 6) is 0.310. The Labute approximate surface area is 152 Å². The Morgan fingerprint density at radius 1 is 1.15 bits per heavy atom. The number of carbonyl (C=O) groups is 1. The first-order chi connectivity index (χ1) is 12.6. The lowest BCUT2D eigenvalue weighted by Gasteiger charge is -2.37. The van der Waals surface area contributed by atoms with Gasteiger partial charge in [0.05, 0.1) is 26.0 Å². The Hall–Kier alpha value is -2.38. The van der Waals surface area contributed by atoms with Gasteiger partial charge in [-0.3, -0.25) is 9.48 Å². The summed E-state index contributed by atoms with van der Waals surface area (Å²) in [5, 5.41) is 4.50. The van der Waals surface area contributed by atoms with Crippen LogP contribution in [0.5, 0.6) is 5.75 Å². The van der Waals surface area contributed by atoms with E-state index >= 15 is 0 Å². The van der Waals surface area contributed by atoms with E-state index in [2.05, 4.69) is 5.10 Å². The molecule has 26 heavy (non-hydrogen) atoms. The molecule has 0 N–H and O–H groups in total. The van der Waals surface area contributed by atoms with Crippen LogP contribution in [0.15, 0.2) is 30.3 Å². The average molecular weight is 357 g/mol. The Morgan fingerprint density at radius 3 is 2.42 bits per heavy atom. The van der Waals surface area contributed by atoms with E-state index in [-0.39, 0.29) is 5.91 Å². The van der Waals surface area contributed by atoms with Crippen LogP contribution in [0.25, 0.3) is 11.3 Å². The number of carbonyl (C=O) groups excluding carboxylic acids is 1. The Kier molecular flexibility index (Phi) is 4.42. The molecule has 0 radical (unpaired) electrons. The molecule has 1 aromatic carbocycles. The molecule has 2 aliphatic rings. The number of aryl methyl sites for hydroxylation is 1. The molecule has 1 aromatic heterocycles. The smallest absolute Gasteiger partial charge is 0.272 e. The molecule has 138 valence electrons. The first-order valence-corrected chi connectivity index (χ1v) is 8.86. The van der Waals surface area contributed by atoms with Gasteiger partial charge in [0.1, 0.15) is 11.4 Å². The highest BCUT2D eigenvalue weighted by molar-refractivity contribution is 5.93. The molecule has 0 saturated carbocycles. The van der Waals surface area contributed by atoms with Crippen LogP contribution in [0.4, 0.5) is 0 Å². The second-order valence-electron chi connectivity index (χ2n) is 6.67. The third kappa shape index (κ3) is 3.08.